The second-order valence-electron chi connectivity index (χ2n) is 4.28. The van der Waals surface area contributed by atoms with Gasteiger partial charge < -0.3 is 25.8 Å². The minimum atomic E-state index is -1.27. The fraction of sp³-hybridized carbons (Fsp3) is 0.700. The predicted octanol–water partition coefficient (Wildman–Crippen LogP) is -2.45. The number of carbonyl (C=O) groups is 1. The first-order chi connectivity index (χ1) is 9.01. The molecule has 0 spiro atoms. The van der Waals surface area contributed by atoms with Gasteiger partial charge in [-0.25, -0.2) is 4.68 Å². The van der Waals surface area contributed by atoms with E-state index in [-0.39, 0.29) is 5.69 Å². The Morgan fingerprint density at radius 1 is 1.47 bits per heavy atom. The van der Waals surface area contributed by atoms with Crippen LogP contribution < -0.4 is 5.73 Å². The van der Waals surface area contributed by atoms with Crippen molar-refractivity contribution in [1.29, 1.82) is 0 Å². The molecule has 1 amide bonds. The van der Waals surface area contributed by atoms with Crippen LogP contribution in [0.4, 0.5) is 0 Å². The summed E-state index contributed by atoms with van der Waals surface area (Å²) in [7, 11) is 0. The summed E-state index contributed by atoms with van der Waals surface area (Å²) in [6, 6.07) is 0. The first-order valence-electron chi connectivity index (χ1n) is 5.87. The summed E-state index contributed by atoms with van der Waals surface area (Å²) >= 11 is 0. The summed E-state index contributed by atoms with van der Waals surface area (Å²) < 4.78 is 6.53. The van der Waals surface area contributed by atoms with E-state index in [0.717, 1.165) is 0 Å². The van der Waals surface area contributed by atoms with Gasteiger partial charge in [-0.05, 0) is 6.42 Å². The lowest BCUT2D eigenvalue weighted by Gasteiger charge is -2.16. The van der Waals surface area contributed by atoms with Crippen LogP contribution in [0.15, 0.2) is 0 Å². The SMILES string of the molecule is CCc1c(C(N)=O)nnn1C1OC(CO)C(O)C1O. The average molecular weight is 272 g/mol. The van der Waals surface area contributed by atoms with Crippen LogP contribution in [0.1, 0.15) is 29.3 Å². The molecule has 4 unspecified atom stereocenters. The number of carbonyl (C=O) groups excluding carboxylic acids is 1. The molecule has 1 saturated heterocycles. The molecule has 1 aromatic rings. The van der Waals surface area contributed by atoms with E-state index in [1.807, 2.05) is 0 Å². The molecule has 5 N–H and O–H groups in total. The molecule has 106 valence electrons. The van der Waals surface area contributed by atoms with Crippen LogP contribution >= 0.6 is 0 Å². The predicted molar refractivity (Wildman–Crippen MR) is 60.9 cm³/mol. The Morgan fingerprint density at radius 2 is 2.16 bits per heavy atom. The lowest BCUT2D eigenvalue weighted by atomic mass is 10.1. The van der Waals surface area contributed by atoms with Crippen molar-refractivity contribution in [1.82, 2.24) is 15.0 Å². The highest BCUT2D eigenvalue weighted by Gasteiger charge is 2.44. The van der Waals surface area contributed by atoms with Gasteiger partial charge in [0.25, 0.3) is 5.91 Å². The van der Waals surface area contributed by atoms with Crippen LogP contribution in [0.2, 0.25) is 0 Å². The van der Waals surface area contributed by atoms with Crippen molar-refractivity contribution in [2.45, 2.75) is 37.9 Å². The number of amides is 1. The first-order valence-corrected chi connectivity index (χ1v) is 5.87. The van der Waals surface area contributed by atoms with Gasteiger partial charge in [-0.15, -0.1) is 5.10 Å². The lowest BCUT2D eigenvalue weighted by Crippen LogP contribution is -2.33. The van der Waals surface area contributed by atoms with E-state index in [1.54, 1.807) is 6.92 Å². The topological polar surface area (TPSA) is 144 Å². The van der Waals surface area contributed by atoms with Gasteiger partial charge >= 0.3 is 0 Å². The van der Waals surface area contributed by atoms with Crippen molar-refractivity contribution >= 4 is 5.91 Å². The van der Waals surface area contributed by atoms with Gasteiger partial charge in [0, 0.05) is 0 Å². The van der Waals surface area contributed by atoms with E-state index in [2.05, 4.69) is 10.3 Å². The molecule has 1 aromatic heterocycles. The molecule has 1 aliphatic heterocycles. The molecule has 1 aliphatic rings. The molecular formula is C10H16N4O5. The Labute approximate surface area is 108 Å². The number of nitrogens with two attached hydrogens (primary N) is 1. The molecule has 1 fully saturated rings. The molecule has 4 atom stereocenters. The molecule has 2 rings (SSSR count). The maximum Gasteiger partial charge on any atom is 0.271 e. The van der Waals surface area contributed by atoms with Crippen LogP contribution in [-0.2, 0) is 11.2 Å². The summed E-state index contributed by atoms with van der Waals surface area (Å²) in [4.78, 5) is 11.2. The van der Waals surface area contributed by atoms with Crippen LogP contribution in [0, 0.1) is 0 Å². The summed E-state index contributed by atoms with van der Waals surface area (Å²) in [5.74, 6) is -0.727. The zero-order chi connectivity index (χ0) is 14.2. The Kier molecular flexibility index (Phi) is 3.80. The number of aromatic nitrogens is 3. The van der Waals surface area contributed by atoms with Crippen LogP contribution in [0.5, 0.6) is 0 Å². The molecule has 0 aromatic carbocycles. The highest BCUT2D eigenvalue weighted by atomic mass is 16.6. The number of primary amides is 1. The minimum Gasteiger partial charge on any atom is -0.394 e. The summed E-state index contributed by atoms with van der Waals surface area (Å²) in [5, 5.41) is 36.0. The highest BCUT2D eigenvalue weighted by Crippen LogP contribution is 2.30. The molecule has 0 radical (unpaired) electrons. The van der Waals surface area contributed by atoms with Crippen LogP contribution in [0.25, 0.3) is 0 Å². The summed E-state index contributed by atoms with van der Waals surface area (Å²) in [5.41, 5.74) is 5.58. The normalized spacial score (nSPS) is 30.7. The third kappa shape index (κ3) is 2.21. The average Bonchev–Trinajstić information content (AvgIpc) is 2.92. The van der Waals surface area contributed by atoms with E-state index < -0.39 is 37.1 Å². The maximum atomic E-state index is 11.2. The third-order valence-corrected chi connectivity index (χ3v) is 3.12. The monoisotopic (exact) mass is 272 g/mol. The lowest BCUT2D eigenvalue weighted by molar-refractivity contribution is -0.0606. The van der Waals surface area contributed by atoms with Gasteiger partial charge in [-0.3, -0.25) is 4.79 Å². The van der Waals surface area contributed by atoms with Crippen molar-refractivity contribution in [2.24, 2.45) is 5.73 Å². The summed E-state index contributed by atoms with van der Waals surface area (Å²) in [6.07, 6.45) is -4.03. The Hall–Kier alpha value is -1.55. The summed E-state index contributed by atoms with van der Waals surface area (Å²) in [6.45, 7) is 1.33. The molecule has 19 heavy (non-hydrogen) atoms. The second-order valence-corrected chi connectivity index (χ2v) is 4.28. The fourth-order valence-corrected chi connectivity index (χ4v) is 2.12. The number of aliphatic hydroxyl groups is 3. The molecule has 0 bridgehead atoms. The number of nitrogens with zero attached hydrogens (tertiary/aromatic N) is 3. The minimum absolute atomic E-state index is 0.000221. The number of ether oxygens (including phenoxy) is 1. The quantitative estimate of drug-likeness (QED) is 0.476. The van der Waals surface area contributed by atoms with Crippen molar-refractivity contribution < 1.29 is 24.9 Å². The Balaban J connectivity index is 2.35. The third-order valence-electron chi connectivity index (χ3n) is 3.12. The van der Waals surface area contributed by atoms with Crippen molar-refractivity contribution in [3.8, 4) is 0 Å². The molecule has 0 saturated carbocycles. The Morgan fingerprint density at radius 3 is 2.63 bits per heavy atom. The van der Waals surface area contributed by atoms with Gasteiger partial charge in [-0.2, -0.15) is 0 Å². The number of hydrogen-bond acceptors (Lipinski definition) is 7. The maximum absolute atomic E-state index is 11.2. The van der Waals surface area contributed by atoms with E-state index >= 15 is 0 Å². The molecule has 9 nitrogen and oxygen atoms in total. The number of rotatable bonds is 4. The van der Waals surface area contributed by atoms with Gasteiger partial charge in [0.15, 0.2) is 11.9 Å². The van der Waals surface area contributed by atoms with Crippen molar-refractivity contribution in [3.05, 3.63) is 11.4 Å². The smallest absolute Gasteiger partial charge is 0.271 e. The number of aliphatic hydroxyl groups excluding tert-OH is 3. The van der Waals surface area contributed by atoms with E-state index in [9.17, 15) is 15.0 Å². The second kappa shape index (κ2) is 5.21. The van der Waals surface area contributed by atoms with Crippen LogP contribution in [0.3, 0.4) is 0 Å². The van der Waals surface area contributed by atoms with E-state index in [1.165, 1.54) is 4.68 Å². The largest absolute Gasteiger partial charge is 0.394 e. The van der Waals surface area contributed by atoms with Gasteiger partial charge in [0.05, 0.1) is 12.3 Å². The standard InChI is InChI=1S/C10H16N4O5/c1-2-4-6(9(11)18)12-13-14(4)10-8(17)7(16)5(3-15)19-10/h5,7-8,10,15-17H,2-3H2,1H3,(H2,11,18). The number of hydrogen-bond donors (Lipinski definition) is 4. The molecule has 2 heterocycles. The van der Waals surface area contributed by atoms with Crippen molar-refractivity contribution in [2.75, 3.05) is 6.61 Å². The van der Waals surface area contributed by atoms with Gasteiger partial charge in [0.2, 0.25) is 0 Å². The zero-order valence-electron chi connectivity index (χ0n) is 10.3. The fourth-order valence-electron chi connectivity index (χ4n) is 2.12. The highest BCUT2D eigenvalue weighted by molar-refractivity contribution is 5.91. The van der Waals surface area contributed by atoms with Gasteiger partial charge in [0.1, 0.15) is 18.3 Å². The first kappa shape index (κ1) is 13.9. The molecule has 0 aliphatic carbocycles. The van der Waals surface area contributed by atoms with Gasteiger partial charge in [-0.1, -0.05) is 12.1 Å². The molecular weight excluding hydrogens is 256 g/mol. The van der Waals surface area contributed by atoms with Crippen molar-refractivity contribution in [3.63, 3.8) is 0 Å². The molecule has 9 heteroatoms. The van der Waals surface area contributed by atoms with E-state index in [4.69, 9.17) is 15.6 Å². The van der Waals surface area contributed by atoms with Crippen LogP contribution in [-0.4, -0.2) is 61.1 Å². The zero-order valence-corrected chi connectivity index (χ0v) is 10.3. The Bertz CT molecular complexity index is 476. The van der Waals surface area contributed by atoms with E-state index in [0.29, 0.717) is 12.1 Å².